The molecule has 146 valence electrons. The number of nitrogens with one attached hydrogen (secondary N) is 1. The quantitative estimate of drug-likeness (QED) is 0.835. The van der Waals surface area contributed by atoms with Crippen LogP contribution in [0.4, 0.5) is 0 Å². The van der Waals surface area contributed by atoms with Gasteiger partial charge in [0.15, 0.2) is 0 Å². The standard InChI is InChI=1S/C21H30N4O2/c1-16(21(27)25-9-8-17-4-2-3-5-18(17)14-25)24-12-10-23(11-13-24)15-20(26)22-19-6-7-19/h2-5,16,19H,6-15H2,1H3,(H,22,26). The van der Waals surface area contributed by atoms with Crippen LogP contribution in [0.1, 0.15) is 30.9 Å². The molecule has 4 rings (SSSR count). The number of nitrogens with zero attached hydrogens (tertiary/aromatic N) is 3. The summed E-state index contributed by atoms with van der Waals surface area (Å²) in [5.41, 5.74) is 2.64. The van der Waals surface area contributed by atoms with E-state index in [1.54, 1.807) is 0 Å². The first-order valence-electron chi connectivity index (χ1n) is 10.2. The van der Waals surface area contributed by atoms with Crippen LogP contribution in [0.15, 0.2) is 24.3 Å². The third kappa shape index (κ3) is 4.50. The minimum Gasteiger partial charge on any atom is -0.352 e. The van der Waals surface area contributed by atoms with Crippen LogP contribution in [-0.4, -0.2) is 77.9 Å². The summed E-state index contributed by atoms with van der Waals surface area (Å²) in [6.45, 7) is 7.41. The fraction of sp³-hybridized carbons (Fsp3) is 0.619. The highest BCUT2D eigenvalue weighted by atomic mass is 16.2. The van der Waals surface area contributed by atoms with Crippen molar-refractivity contribution in [3.05, 3.63) is 35.4 Å². The molecule has 2 amide bonds. The number of piperazine rings is 1. The van der Waals surface area contributed by atoms with Crippen molar-refractivity contribution >= 4 is 11.8 Å². The van der Waals surface area contributed by atoms with Gasteiger partial charge >= 0.3 is 0 Å². The van der Waals surface area contributed by atoms with Crippen molar-refractivity contribution in [2.75, 3.05) is 39.3 Å². The molecule has 1 aliphatic carbocycles. The van der Waals surface area contributed by atoms with Crippen molar-refractivity contribution in [3.63, 3.8) is 0 Å². The van der Waals surface area contributed by atoms with Gasteiger partial charge in [0.25, 0.3) is 0 Å². The molecule has 2 heterocycles. The van der Waals surface area contributed by atoms with E-state index in [1.165, 1.54) is 11.1 Å². The van der Waals surface area contributed by atoms with Crippen LogP contribution < -0.4 is 5.32 Å². The molecule has 0 radical (unpaired) electrons. The maximum atomic E-state index is 13.0. The van der Waals surface area contributed by atoms with Gasteiger partial charge in [-0.3, -0.25) is 19.4 Å². The van der Waals surface area contributed by atoms with Crippen LogP contribution in [0.25, 0.3) is 0 Å². The summed E-state index contributed by atoms with van der Waals surface area (Å²) in [7, 11) is 0. The maximum absolute atomic E-state index is 13.0. The lowest BCUT2D eigenvalue weighted by atomic mass is 9.99. The smallest absolute Gasteiger partial charge is 0.239 e. The number of benzene rings is 1. The molecule has 3 aliphatic rings. The number of hydrogen-bond acceptors (Lipinski definition) is 4. The average molecular weight is 370 g/mol. The normalized spacial score (nSPS) is 22.2. The summed E-state index contributed by atoms with van der Waals surface area (Å²) in [4.78, 5) is 31.4. The Morgan fingerprint density at radius 2 is 1.78 bits per heavy atom. The van der Waals surface area contributed by atoms with Crippen molar-refractivity contribution in [2.45, 2.75) is 44.8 Å². The van der Waals surface area contributed by atoms with Gasteiger partial charge in [0.05, 0.1) is 12.6 Å². The summed E-state index contributed by atoms with van der Waals surface area (Å²) in [5, 5.41) is 3.05. The highest BCUT2D eigenvalue weighted by molar-refractivity contribution is 5.82. The summed E-state index contributed by atoms with van der Waals surface area (Å²) in [6, 6.07) is 8.74. The Bertz CT molecular complexity index is 695. The molecular formula is C21H30N4O2. The zero-order chi connectivity index (χ0) is 18.8. The van der Waals surface area contributed by atoms with Crippen molar-refractivity contribution in [1.82, 2.24) is 20.0 Å². The first-order valence-corrected chi connectivity index (χ1v) is 10.2. The number of rotatable bonds is 5. The molecule has 6 nitrogen and oxygen atoms in total. The van der Waals surface area contributed by atoms with E-state index < -0.39 is 0 Å². The Morgan fingerprint density at radius 3 is 2.48 bits per heavy atom. The van der Waals surface area contributed by atoms with Gasteiger partial charge in [-0.15, -0.1) is 0 Å². The fourth-order valence-corrected chi connectivity index (χ4v) is 4.12. The minimum atomic E-state index is -0.0993. The van der Waals surface area contributed by atoms with E-state index in [0.29, 0.717) is 12.6 Å². The molecule has 0 bridgehead atoms. The van der Waals surface area contributed by atoms with Crippen LogP contribution >= 0.6 is 0 Å². The van der Waals surface area contributed by atoms with Gasteiger partial charge in [-0.2, -0.15) is 0 Å². The van der Waals surface area contributed by atoms with E-state index in [2.05, 4.69) is 39.4 Å². The number of amides is 2. The second kappa shape index (κ2) is 7.98. The average Bonchev–Trinajstić information content (AvgIpc) is 3.51. The molecule has 1 aromatic rings. The zero-order valence-electron chi connectivity index (χ0n) is 16.2. The fourth-order valence-electron chi connectivity index (χ4n) is 4.12. The summed E-state index contributed by atoms with van der Waals surface area (Å²) < 4.78 is 0. The molecule has 0 spiro atoms. The van der Waals surface area contributed by atoms with Crippen molar-refractivity contribution in [2.24, 2.45) is 0 Å². The molecule has 1 N–H and O–H groups in total. The SMILES string of the molecule is CC(C(=O)N1CCc2ccccc2C1)N1CCN(CC(=O)NC2CC2)CC1. The lowest BCUT2D eigenvalue weighted by molar-refractivity contribution is -0.138. The van der Waals surface area contributed by atoms with E-state index >= 15 is 0 Å². The predicted molar refractivity (Wildman–Crippen MR) is 104 cm³/mol. The molecular weight excluding hydrogens is 340 g/mol. The summed E-state index contributed by atoms with van der Waals surface area (Å²) >= 11 is 0. The van der Waals surface area contributed by atoms with E-state index in [-0.39, 0.29) is 17.9 Å². The number of fused-ring (bicyclic) bond motifs is 1. The monoisotopic (exact) mass is 370 g/mol. The number of hydrogen-bond donors (Lipinski definition) is 1. The van der Waals surface area contributed by atoms with Crippen LogP contribution in [0.5, 0.6) is 0 Å². The van der Waals surface area contributed by atoms with Gasteiger partial charge in [0.2, 0.25) is 11.8 Å². The molecule has 0 aromatic heterocycles. The van der Waals surface area contributed by atoms with E-state index in [0.717, 1.165) is 58.5 Å². The minimum absolute atomic E-state index is 0.0993. The lowest BCUT2D eigenvalue weighted by Gasteiger charge is -2.39. The Balaban J connectivity index is 1.25. The Kier molecular flexibility index (Phi) is 5.45. The second-order valence-corrected chi connectivity index (χ2v) is 8.11. The predicted octanol–water partition coefficient (Wildman–Crippen LogP) is 0.856. The molecule has 1 atom stereocenters. The third-order valence-electron chi connectivity index (χ3n) is 6.06. The highest BCUT2D eigenvalue weighted by Crippen LogP contribution is 2.21. The van der Waals surface area contributed by atoms with Crippen molar-refractivity contribution in [3.8, 4) is 0 Å². The molecule has 1 saturated heterocycles. The Hall–Kier alpha value is -1.92. The van der Waals surface area contributed by atoms with E-state index in [9.17, 15) is 9.59 Å². The molecule has 2 fully saturated rings. The molecule has 27 heavy (non-hydrogen) atoms. The van der Waals surface area contributed by atoms with E-state index in [4.69, 9.17) is 0 Å². The van der Waals surface area contributed by atoms with Crippen LogP contribution in [-0.2, 0) is 22.6 Å². The molecule has 2 aliphatic heterocycles. The maximum Gasteiger partial charge on any atom is 0.239 e. The number of carbonyl (C=O) groups is 2. The molecule has 1 saturated carbocycles. The van der Waals surface area contributed by atoms with Gasteiger partial charge in [-0.1, -0.05) is 24.3 Å². The van der Waals surface area contributed by atoms with Gasteiger partial charge in [0, 0.05) is 45.3 Å². The van der Waals surface area contributed by atoms with Gasteiger partial charge in [0.1, 0.15) is 0 Å². The van der Waals surface area contributed by atoms with Crippen LogP contribution in [0, 0.1) is 0 Å². The first kappa shape index (κ1) is 18.4. The molecule has 1 aromatic carbocycles. The Labute approximate surface area is 161 Å². The zero-order valence-corrected chi connectivity index (χ0v) is 16.2. The lowest BCUT2D eigenvalue weighted by Crippen LogP contribution is -2.56. The number of carbonyl (C=O) groups excluding carboxylic acids is 2. The first-order chi connectivity index (χ1) is 13.1. The summed E-state index contributed by atoms with van der Waals surface area (Å²) in [5.74, 6) is 0.367. The van der Waals surface area contributed by atoms with Crippen molar-refractivity contribution in [1.29, 1.82) is 0 Å². The third-order valence-corrected chi connectivity index (χ3v) is 6.06. The van der Waals surface area contributed by atoms with Gasteiger partial charge in [-0.05, 0) is 37.3 Å². The Morgan fingerprint density at radius 1 is 1.07 bits per heavy atom. The van der Waals surface area contributed by atoms with E-state index in [1.807, 2.05) is 11.8 Å². The van der Waals surface area contributed by atoms with Gasteiger partial charge < -0.3 is 10.2 Å². The van der Waals surface area contributed by atoms with Crippen LogP contribution in [0.2, 0.25) is 0 Å². The van der Waals surface area contributed by atoms with Gasteiger partial charge in [-0.25, -0.2) is 0 Å². The molecule has 1 unspecified atom stereocenters. The highest BCUT2D eigenvalue weighted by Gasteiger charge is 2.31. The van der Waals surface area contributed by atoms with Crippen molar-refractivity contribution < 1.29 is 9.59 Å². The topological polar surface area (TPSA) is 55.9 Å². The van der Waals surface area contributed by atoms with Crippen LogP contribution in [0.3, 0.4) is 0 Å². The second-order valence-electron chi connectivity index (χ2n) is 8.11. The summed E-state index contributed by atoms with van der Waals surface area (Å²) in [6.07, 6.45) is 3.19. The molecule has 6 heteroatoms. The largest absolute Gasteiger partial charge is 0.352 e.